The van der Waals surface area contributed by atoms with Gasteiger partial charge < -0.3 is 8.22 Å². The van der Waals surface area contributed by atoms with E-state index in [-0.39, 0.29) is 0 Å². The third-order valence-corrected chi connectivity index (χ3v) is 11.4. The Morgan fingerprint density at radius 1 is 0.667 bits per heavy atom. The van der Waals surface area contributed by atoms with E-state index in [9.17, 15) is 8.22 Å². The van der Waals surface area contributed by atoms with E-state index < -0.39 is 16.8 Å². The van der Waals surface area contributed by atoms with Crippen molar-refractivity contribution in [3.8, 4) is 0 Å². The van der Waals surface area contributed by atoms with Crippen LogP contribution in [0.15, 0.2) is 24.3 Å². The molecule has 0 heterocycles. The number of benzene rings is 1. The minimum Gasteiger partial charge on any atom is -0.308 e. The fourth-order valence-electron chi connectivity index (χ4n) is 2.38. The van der Waals surface area contributed by atoms with E-state index in [2.05, 4.69) is 0 Å². The Morgan fingerprint density at radius 3 is 1.06 bits per heavy atom. The Kier molecular flexibility index (Phi) is 5.28. The number of halogens is 2. The highest BCUT2D eigenvalue weighted by Crippen LogP contribution is 2.19. The molecule has 1 aromatic carbocycles. The molecule has 0 saturated carbocycles. The molecule has 18 heavy (non-hydrogen) atoms. The van der Waals surface area contributed by atoms with Crippen molar-refractivity contribution in [1.29, 1.82) is 0 Å². The fourth-order valence-corrected chi connectivity index (χ4v) is 6.55. The second-order valence-electron chi connectivity index (χ2n) is 4.92. The van der Waals surface area contributed by atoms with Crippen LogP contribution < -0.4 is 10.4 Å². The highest BCUT2D eigenvalue weighted by atomic mass is 28.4. The summed E-state index contributed by atoms with van der Waals surface area (Å²) in [6.07, 6.45) is 0. The van der Waals surface area contributed by atoms with E-state index >= 15 is 0 Å². The molecule has 0 nitrogen and oxygen atoms in total. The van der Waals surface area contributed by atoms with Gasteiger partial charge in [-0.15, -0.1) is 0 Å². The lowest BCUT2D eigenvalue weighted by Gasteiger charge is -2.22. The Hall–Kier alpha value is -0.486. The molecule has 102 valence electrons. The monoisotopic (exact) mass is 286 g/mol. The van der Waals surface area contributed by atoms with Crippen molar-refractivity contribution in [2.75, 3.05) is 0 Å². The third-order valence-electron chi connectivity index (χ3n) is 4.16. The van der Waals surface area contributed by atoms with Gasteiger partial charge in [0.2, 0.25) is 0 Å². The first-order valence-corrected chi connectivity index (χ1v) is 11.5. The second-order valence-corrected chi connectivity index (χ2v) is 12.8. The molecule has 0 aliphatic heterocycles. The molecule has 0 aliphatic rings. The maximum absolute atomic E-state index is 14.6. The molecular formula is C14H24F2Si2. The van der Waals surface area contributed by atoms with E-state index in [0.29, 0.717) is 24.2 Å². The van der Waals surface area contributed by atoms with Crippen LogP contribution in [0.5, 0.6) is 0 Å². The van der Waals surface area contributed by atoms with E-state index in [1.54, 1.807) is 0 Å². The van der Waals surface area contributed by atoms with Crippen molar-refractivity contribution >= 4 is 27.2 Å². The van der Waals surface area contributed by atoms with E-state index in [1.807, 2.05) is 52.0 Å². The maximum atomic E-state index is 14.6. The Bertz CT molecular complexity index is 331. The zero-order valence-corrected chi connectivity index (χ0v) is 13.9. The lowest BCUT2D eigenvalue weighted by molar-refractivity contribution is 0.782. The van der Waals surface area contributed by atoms with Gasteiger partial charge in [0.05, 0.1) is 0 Å². The zero-order valence-electron chi connectivity index (χ0n) is 11.9. The summed E-state index contributed by atoms with van der Waals surface area (Å²) in [4.78, 5) is 0. The molecule has 0 N–H and O–H groups in total. The van der Waals surface area contributed by atoms with Gasteiger partial charge in [0, 0.05) is 0 Å². The average Bonchev–Trinajstić information content (AvgIpc) is 2.45. The first kappa shape index (κ1) is 15.6. The van der Waals surface area contributed by atoms with Gasteiger partial charge >= 0.3 is 0 Å². The van der Waals surface area contributed by atoms with Crippen molar-refractivity contribution in [3.05, 3.63) is 24.3 Å². The van der Waals surface area contributed by atoms with Gasteiger partial charge in [-0.25, -0.2) is 0 Å². The summed E-state index contributed by atoms with van der Waals surface area (Å²) in [6, 6.07) is 9.74. The standard InChI is InChI=1S/C14H24F2Si2/c1-5-17(15,6-2)13-9-11-14(12-10-13)18(16,7-3)8-4/h9-12H,5-8H2,1-4H3. The zero-order chi connectivity index (χ0) is 13.8. The molecule has 0 radical (unpaired) electrons. The van der Waals surface area contributed by atoms with Crippen molar-refractivity contribution in [1.82, 2.24) is 0 Å². The second kappa shape index (κ2) is 6.11. The Balaban J connectivity index is 3.06. The van der Waals surface area contributed by atoms with Gasteiger partial charge in [0.1, 0.15) is 0 Å². The largest absolute Gasteiger partial charge is 0.308 e. The molecule has 0 aliphatic carbocycles. The molecule has 0 aromatic heterocycles. The van der Waals surface area contributed by atoms with Crippen molar-refractivity contribution < 1.29 is 8.22 Å². The fraction of sp³-hybridized carbons (Fsp3) is 0.571. The SMILES string of the molecule is CC[Si](F)(CC)c1ccc([Si](F)(CC)CC)cc1. The maximum Gasteiger partial charge on any atom is 0.277 e. The highest BCUT2D eigenvalue weighted by molar-refractivity contribution is 6.87. The predicted octanol–water partition coefficient (Wildman–Crippen LogP) is 4.01. The van der Waals surface area contributed by atoms with Crippen molar-refractivity contribution in [2.45, 2.75) is 51.9 Å². The lowest BCUT2D eigenvalue weighted by atomic mass is 10.4. The van der Waals surface area contributed by atoms with Crippen LogP contribution in [-0.4, -0.2) is 16.8 Å². The van der Waals surface area contributed by atoms with Crippen molar-refractivity contribution in [2.24, 2.45) is 0 Å². The van der Waals surface area contributed by atoms with E-state index in [1.165, 1.54) is 0 Å². The molecule has 4 heteroatoms. The molecule has 0 fully saturated rings. The summed E-state index contributed by atoms with van der Waals surface area (Å²) in [5.41, 5.74) is 0. The summed E-state index contributed by atoms with van der Waals surface area (Å²) in [6.45, 7) is 7.65. The predicted molar refractivity (Wildman–Crippen MR) is 81.4 cm³/mol. The minimum atomic E-state index is -2.78. The normalized spacial score (nSPS) is 12.8. The van der Waals surface area contributed by atoms with Crippen LogP contribution in [0.25, 0.3) is 0 Å². The van der Waals surface area contributed by atoms with Gasteiger partial charge in [-0.1, -0.05) is 52.0 Å². The molecule has 0 unspecified atom stereocenters. The summed E-state index contributed by atoms with van der Waals surface area (Å²) in [7, 11) is -5.57. The highest BCUT2D eigenvalue weighted by Gasteiger charge is 2.35. The number of hydrogen-bond acceptors (Lipinski definition) is 0. The molecule has 1 rings (SSSR count). The third kappa shape index (κ3) is 2.91. The quantitative estimate of drug-likeness (QED) is 0.547. The molecule has 0 bridgehead atoms. The van der Waals surface area contributed by atoms with Crippen LogP contribution in [0.1, 0.15) is 27.7 Å². The van der Waals surface area contributed by atoms with E-state index in [0.717, 1.165) is 10.4 Å². The van der Waals surface area contributed by atoms with Crippen LogP contribution in [0.3, 0.4) is 0 Å². The van der Waals surface area contributed by atoms with Crippen molar-refractivity contribution in [3.63, 3.8) is 0 Å². The molecule has 1 aromatic rings. The first-order chi connectivity index (χ1) is 8.45. The van der Waals surface area contributed by atoms with E-state index in [4.69, 9.17) is 0 Å². The Morgan fingerprint density at radius 2 is 0.889 bits per heavy atom. The average molecular weight is 287 g/mol. The molecule has 0 amide bonds. The van der Waals surface area contributed by atoms with Crippen LogP contribution in [0.2, 0.25) is 24.2 Å². The van der Waals surface area contributed by atoms with Gasteiger partial charge in [-0.3, -0.25) is 0 Å². The minimum absolute atomic E-state index is 0.600. The van der Waals surface area contributed by atoms with Gasteiger partial charge in [-0.05, 0) is 34.5 Å². The molecule has 0 spiro atoms. The summed E-state index contributed by atoms with van der Waals surface area (Å²) in [5, 5.41) is 1.64. The topological polar surface area (TPSA) is 0 Å². The van der Waals surface area contributed by atoms with Gasteiger partial charge in [0.25, 0.3) is 16.8 Å². The summed E-state index contributed by atoms with van der Waals surface area (Å²) < 4.78 is 29.3. The number of rotatable bonds is 6. The molecule has 0 saturated heterocycles. The summed E-state index contributed by atoms with van der Waals surface area (Å²) >= 11 is 0. The molecule has 0 atom stereocenters. The van der Waals surface area contributed by atoms with Gasteiger partial charge in [0.15, 0.2) is 0 Å². The Labute approximate surface area is 112 Å². The smallest absolute Gasteiger partial charge is 0.277 e. The molecular weight excluding hydrogens is 262 g/mol. The van der Waals surface area contributed by atoms with Crippen LogP contribution in [0, 0.1) is 0 Å². The summed E-state index contributed by atoms with van der Waals surface area (Å²) in [5.74, 6) is 0. The van der Waals surface area contributed by atoms with Crippen LogP contribution in [0.4, 0.5) is 8.22 Å². The van der Waals surface area contributed by atoms with Gasteiger partial charge in [-0.2, -0.15) is 0 Å². The number of hydrogen-bond donors (Lipinski definition) is 0. The lowest BCUT2D eigenvalue weighted by Crippen LogP contribution is -2.46. The van der Waals surface area contributed by atoms with Crippen LogP contribution in [-0.2, 0) is 0 Å². The van der Waals surface area contributed by atoms with Crippen LogP contribution >= 0.6 is 0 Å². The first-order valence-electron chi connectivity index (χ1n) is 6.94.